The van der Waals surface area contributed by atoms with Crippen LogP contribution in [0.1, 0.15) is 17.5 Å². The Morgan fingerprint density at radius 1 is 1.33 bits per heavy atom. The number of benzene rings is 1. The predicted molar refractivity (Wildman–Crippen MR) is 71.0 cm³/mol. The topological polar surface area (TPSA) is 55.4 Å². The van der Waals surface area contributed by atoms with E-state index >= 15 is 0 Å². The summed E-state index contributed by atoms with van der Waals surface area (Å²) < 4.78 is 29.3. The lowest BCUT2D eigenvalue weighted by Crippen LogP contribution is -2.50. The van der Waals surface area contributed by atoms with Crippen LogP contribution in [0.5, 0.6) is 5.75 Å². The average molecular weight is 267 g/mol. The fourth-order valence-electron chi connectivity index (χ4n) is 2.81. The molecule has 5 heteroatoms. The molecule has 1 N–H and O–H groups in total. The molecule has 0 amide bonds. The Labute approximate surface area is 107 Å². The van der Waals surface area contributed by atoms with Gasteiger partial charge in [-0.25, -0.2) is 8.42 Å². The van der Waals surface area contributed by atoms with E-state index in [0.717, 1.165) is 22.6 Å². The predicted octanol–water partition coefficient (Wildman–Crippen LogP) is 1.66. The summed E-state index contributed by atoms with van der Waals surface area (Å²) in [6.45, 7) is 4.05. The second-order valence-corrected chi connectivity index (χ2v) is 7.50. The zero-order chi connectivity index (χ0) is 12.9. The van der Waals surface area contributed by atoms with Gasteiger partial charge in [0.1, 0.15) is 11.9 Å². The van der Waals surface area contributed by atoms with Crippen LogP contribution >= 0.6 is 0 Å². The molecule has 0 bridgehead atoms. The Morgan fingerprint density at radius 2 is 2.11 bits per heavy atom. The van der Waals surface area contributed by atoms with Gasteiger partial charge in [0.25, 0.3) is 0 Å². The molecule has 2 atom stereocenters. The molecule has 0 aromatic heterocycles. The number of fused-ring (bicyclic) bond motifs is 2. The molecule has 2 aliphatic rings. The van der Waals surface area contributed by atoms with Crippen molar-refractivity contribution in [2.75, 3.05) is 16.8 Å². The molecule has 0 radical (unpaired) electrons. The van der Waals surface area contributed by atoms with E-state index in [1.54, 1.807) is 0 Å². The van der Waals surface area contributed by atoms with Crippen LogP contribution in [0.15, 0.2) is 12.1 Å². The summed E-state index contributed by atoms with van der Waals surface area (Å²) in [6.07, 6.45) is 0.551. The number of rotatable bonds is 0. The molecule has 4 nitrogen and oxygen atoms in total. The lowest BCUT2D eigenvalue weighted by Gasteiger charge is -2.38. The van der Waals surface area contributed by atoms with E-state index in [-0.39, 0.29) is 23.7 Å². The third-order valence-electron chi connectivity index (χ3n) is 3.62. The van der Waals surface area contributed by atoms with E-state index in [1.165, 1.54) is 0 Å². The van der Waals surface area contributed by atoms with Crippen LogP contribution in [-0.2, 0) is 9.84 Å². The highest BCUT2D eigenvalue weighted by Gasteiger charge is 2.38. The highest BCUT2D eigenvalue weighted by Crippen LogP contribution is 2.37. The molecule has 18 heavy (non-hydrogen) atoms. The largest absolute Gasteiger partial charge is 0.486 e. The van der Waals surface area contributed by atoms with Crippen LogP contribution < -0.4 is 10.1 Å². The van der Waals surface area contributed by atoms with Crippen molar-refractivity contribution in [2.45, 2.75) is 32.4 Å². The highest BCUT2D eigenvalue weighted by atomic mass is 32.2. The van der Waals surface area contributed by atoms with E-state index < -0.39 is 9.84 Å². The Balaban J connectivity index is 1.98. The van der Waals surface area contributed by atoms with E-state index in [4.69, 9.17) is 4.74 Å². The molecular weight excluding hydrogens is 250 g/mol. The summed E-state index contributed by atoms with van der Waals surface area (Å²) in [4.78, 5) is 0. The molecule has 0 spiro atoms. The minimum atomic E-state index is -2.92. The normalized spacial score (nSPS) is 28.6. The minimum Gasteiger partial charge on any atom is -0.486 e. The fourth-order valence-corrected chi connectivity index (χ4v) is 4.41. The summed E-state index contributed by atoms with van der Waals surface area (Å²) in [6, 6.07) is 3.98. The SMILES string of the molecule is Cc1cc(C)c2c(c1)NC1CS(=O)(=O)CCC1O2. The maximum Gasteiger partial charge on any atom is 0.152 e. The van der Waals surface area contributed by atoms with Crippen LogP contribution in [-0.4, -0.2) is 32.1 Å². The van der Waals surface area contributed by atoms with Gasteiger partial charge in [0.2, 0.25) is 0 Å². The summed E-state index contributed by atoms with van der Waals surface area (Å²) in [5.41, 5.74) is 3.18. The summed E-state index contributed by atoms with van der Waals surface area (Å²) in [7, 11) is -2.92. The molecule has 1 aromatic carbocycles. The standard InChI is InChI=1S/C13H17NO3S/c1-8-5-9(2)13-10(6-8)14-11-7-18(15,16)4-3-12(11)17-13/h5-6,11-12,14H,3-4,7H2,1-2H3. The zero-order valence-corrected chi connectivity index (χ0v) is 11.4. The maximum absolute atomic E-state index is 11.7. The highest BCUT2D eigenvalue weighted by molar-refractivity contribution is 7.91. The van der Waals surface area contributed by atoms with Crippen molar-refractivity contribution in [3.63, 3.8) is 0 Å². The van der Waals surface area contributed by atoms with E-state index in [9.17, 15) is 8.42 Å². The van der Waals surface area contributed by atoms with Gasteiger partial charge in [0, 0.05) is 6.42 Å². The Kier molecular flexibility index (Phi) is 2.55. The second-order valence-electron chi connectivity index (χ2n) is 5.27. The smallest absolute Gasteiger partial charge is 0.152 e. The number of sulfone groups is 1. The van der Waals surface area contributed by atoms with Crippen molar-refractivity contribution < 1.29 is 13.2 Å². The van der Waals surface area contributed by atoms with E-state index in [0.29, 0.717) is 6.42 Å². The van der Waals surface area contributed by atoms with E-state index in [2.05, 4.69) is 11.4 Å². The van der Waals surface area contributed by atoms with Crippen molar-refractivity contribution in [1.82, 2.24) is 0 Å². The lowest BCUT2D eigenvalue weighted by molar-refractivity contribution is 0.166. The molecule has 0 aliphatic carbocycles. The molecule has 2 aliphatic heterocycles. The quantitative estimate of drug-likeness (QED) is 0.777. The molecule has 2 heterocycles. The molecular formula is C13H17NO3S. The van der Waals surface area contributed by atoms with Gasteiger partial charge in [-0.15, -0.1) is 0 Å². The van der Waals surface area contributed by atoms with Gasteiger partial charge < -0.3 is 10.1 Å². The minimum absolute atomic E-state index is 0.0255. The summed E-state index contributed by atoms with van der Waals surface area (Å²) in [5, 5.41) is 3.33. The Bertz CT molecular complexity index is 594. The summed E-state index contributed by atoms with van der Waals surface area (Å²) >= 11 is 0. The third-order valence-corrected chi connectivity index (χ3v) is 5.35. The fraction of sp³-hybridized carbons (Fsp3) is 0.538. The Hall–Kier alpha value is -1.23. The molecule has 98 valence electrons. The first-order chi connectivity index (χ1) is 8.44. The second kappa shape index (κ2) is 3.88. The van der Waals surface area contributed by atoms with Gasteiger partial charge >= 0.3 is 0 Å². The first-order valence-corrected chi connectivity index (χ1v) is 8.02. The van der Waals surface area contributed by atoms with Crippen LogP contribution in [0.2, 0.25) is 0 Å². The van der Waals surface area contributed by atoms with Crippen LogP contribution in [0.3, 0.4) is 0 Å². The van der Waals surface area contributed by atoms with Gasteiger partial charge in [0.15, 0.2) is 9.84 Å². The molecule has 3 rings (SSSR count). The number of aryl methyl sites for hydroxylation is 2. The van der Waals surface area contributed by atoms with Crippen molar-refractivity contribution in [3.8, 4) is 5.75 Å². The molecule has 1 saturated heterocycles. The van der Waals surface area contributed by atoms with Crippen LogP contribution in [0.4, 0.5) is 5.69 Å². The van der Waals surface area contributed by atoms with Crippen molar-refractivity contribution in [2.24, 2.45) is 0 Å². The maximum atomic E-state index is 11.7. The molecule has 0 saturated carbocycles. The van der Waals surface area contributed by atoms with Crippen molar-refractivity contribution >= 4 is 15.5 Å². The van der Waals surface area contributed by atoms with Gasteiger partial charge in [-0.05, 0) is 31.0 Å². The van der Waals surface area contributed by atoms with Gasteiger partial charge in [0.05, 0.1) is 23.2 Å². The van der Waals surface area contributed by atoms with Crippen molar-refractivity contribution in [3.05, 3.63) is 23.3 Å². The monoisotopic (exact) mass is 267 g/mol. The average Bonchev–Trinajstić information content (AvgIpc) is 2.25. The Morgan fingerprint density at radius 3 is 2.89 bits per heavy atom. The van der Waals surface area contributed by atoms with Crippen LogP contribution in [0.25, 0.3) is 0 Å². The molecule has 1 fully saturated rings. The number of ether oxygens (including phenoxy) is 1. The molecule has 1 aromatic rings. The third kappa shape index (κ3) is 1.96. The van der Waals surface area contributed by atoms with Gasteiger partial charge in [-0.3, -0.25) is 0 Å². The first kappa shape index (κ1) is 11.8. The zero-order valence-electron chi connectivity index (χ0n) is 10.6. The van der Waals surface area contributed by atoms with Gasteiger partial charge in [-0.1, -0.05) is 6.07 Å². The number of nitrogens with one attached hydrogen (secondary N) is 1. The molecule has 2 unspecified atom stereocenters. The van der Waals surface area contributed by atoms with Crippen molar-refractivity contribution in [1.29, 1.82) is 0 Å². The van der Waals surface area contributed by atoms with Gasteiger partial charge in [-0.2, -0.15) is 0 Å². The lowest BCUT2D eigenvalue weighted by atomic mass is 10.0. The van der Waals surface area contributed by atoms with Crippen LogP contribution in [0, 0.1) is 13.8 Å². The number of anilines is 1. The summed E-state index contributed by atoms with van der Waals surface area (Å²) in [5.74, 6) is 1.28. The first-order valence-electron chi connectivity index (χ1n) is 6.19. The number of hydrogen-bond donors (Lipinski definition) is 1. The van der Waals surface area contributed by atoms with E-state index in [1.807, 2.05) is 19.9 Å². The number of hydrogen-bond acceptors (Lipinski definition) is 4.